The number of aryl methyl sites for hydroxylation is 2. The van der Waals surface area contributed by atoms with Crippen molar-refractivity contribution in [2.45, 2.75) is 25.9 Å². The number of anilines is 1. The smallest absolute Gasteiger partial charge is 0.317 e. The van der Waals surface area contributed by atoms with Gasteiger partial charge in [-0.3, -0.25) is 9.52 Å². The van der Waals surface area contributed by atoms with E-state index in [0.717, 1.165) is 0 Å². The minimum absolute atomic E-state index is 0.137. The molecule has 1 aromatic heterocycles. The zero-order chi connectivity index (χ0) is 15.6. The second-order valence-electron chi connectivity index (χ2n) is 4.43. The first-order valence-electron chi connectivity index (χ1n) is 5.75. The molecular weight excluding hydrogens is 297 g/mol. The molecule has 1 aromatic rings. The van der Waals surface area contributed by atoms with Crippen LogP contribution < -0.4 is 10.3 Å². The number of halogens is 3. The quantitative estimate of drug-likeness (QED) is 0.901. The number of nitrogens with one attached hydrogen (secondary N) is 1. The summed E-state index contributed by atoms with van der Waals surface area (Å²) in [7, 11) is -2.53. The Balaban J connectivity index is 2.82. The molecule has 0 fully saturated rings. The molecule has 0 saturated carbocycles. The Kier molecular flexibility index (Phi) is 4.85. The van der Waals surface area contributed by atoms with Crippen LogP contribution in [0.4, 0.5) is 18.9 Å². The lowest BCUT2D eigenvalue weighted by atomic mass is 10.2. The zero-order valence-corrected chi connectivity index (χ0v) is 11.8. The first-order chi connectivity index (χ1) is 9.02. The molecule has 0 aliphatic carbocycles. The lowest BCUT2D eigenvalue weighted by Crippen LogP contribution is -2.27. The third-order valence-corrected chi connectivity index (χ3v) is 3.95. The van der Waals surface area contributed by atoms with Crippen molar-refractivity contribution in [3.63, 3.8) is 0 Å². The minimum atomic E-state index is -4.39. The molecule has 9 heteroatoms. The van der Waals surface area contributed by atoms with Gasteiger partial charge in [-0.2, -0.15) is 13.2 Å². The summed E-state index contributed by atoms with van der Waals surface area (Å²) in [6.45, 7) is 1.54. The van der Waals surface area contributed by atoms with Crippen molar-refractivity contribution in [3.8, 4) is 0 Å². The fraction of sp³-hybridized carbons (Fsp3) is 0.545. The summed E-state index contributed by atoms with van der Waals surface area (Å²) in [5, 5.41) is 0. The van der Waals surface area contributed by atoms with E-state index in [1.165, 1.54) is 30.8 Å². The topological polar surface area (TPSA) is 68.2 Å². The van der Waals surface area contributed by atoms with Gasteiger partial charge in [-0.15, -0.1) is 0 Å². The van der Waals surface area contributed by atoms with Crippen LogP contribution in [0.25, 0.3) is 0 Å². The highest BCUT2D eigenvalue weighted by Gasteiger charge is 2.27. The van der Waals surface area contributed by atoms with E-state index in [-0.39, 0.29) is 5.69 Å². The van der Waals surface area contributed by atoms with Gasteiger partial charge in [-0.1, -0.05) is 0 Å². The number of hydrogen-bond acceptors (Lipinski definition) is 3. The second-order valence-corrected chi connectivity index (χ2v) is 6.27. The number of hydrogen-bond donors (Lipinski definition) is 1. The van der Waals surface area contributed by atoms with Gasteiger partial charge in [-0.25, -0.2) is 8.42 Å². The predicted molar refractivity (Wildman–Crippen MR) is 69.1 cm³/mol. The Bertz CT molecular complexity index is 635. The molecule has 0 saturated heterocycles. The molecular formula is C11H15F3N2O3S. The molecule has 5 nitrogen and oxygen atoms in total. The Labute approximate surface area is 114 Å². The lowest BCUT2D eigenvalue weighted by molar-refractivity contribution is -0.134. The normalized spacial score (nSPS) is 12.4. The maximum absolute atomic E-state index is 12.0. The first kappa shape index (κ1) is 16.5. The summed E-state index contributed by atoms with van der Waals surface area (Å²) >= 11 is 0. The van der Waals surface area contributed by atoms with Crippen molar-refractivity contribution < 1.29 is 21.6 Å². The standard InChI is InChI=1S/C11H15F3N2O3S/c1-8-4-6-16(2)10(17)9(8)15-20(18,19)7-3-5-11(12,13)14/h4,6,15H,3,5,7H2,1-2H3. The van der Waals surface area contributed by atoms with Gasteiger partial charge in [0.05, 0.1) is 5.75 Å². The Morgan fingerprint density at radius 3 is 2.50 bits per heavy atom. The average molecular weight is 312 g/mol. The van der Waals surface area contributed by atoms with Crippen LogP contribution >= 0.6 is 0 Å². The molecule has 0 bridgehead atoms. The molecule has 0 radical (unpaired) electrons. The van der Waals surface area contributed by atoms with E-state index in [9.17, 15) is 26.4 Å². The van der Waals surface area contributed by atoms with Gasteiger partial charge in [-0.05, 0) is 25.0 Å². The highest BCUT2D eigenvalue weighted by Crippen LogP contribution is 2.22. The summed E-state index contributed by atoms with van der Waals surface area (Å²) in [4.78, 5) is 11.8. The summed E-state index contributed by atoms with van der Waals surface area (Å²) in [5.41, 5.74) is -0.279. The molecule has 0 aliphatic heterocycles. The van der Waals surface area contributed by atoms with E-state index in [1.807, 2.05) is 0 Å². The second kappa shape index (κ2) is 5.86. The highest BCUT2D eigenvalue weighted by atomic mass is 32.2. The Hall–Kier alpha value is -1.51. The third-order valence-electron chi connectivity index (χ3n) is 2.61. The van der Waals surface area contributed by atoms with Crippen molar-refractivity contribution in [2.24, 2.45) is 7.05 Å². The van der Waals surface area contributed by atoms with E-state index in [1.54, 1.807) is 0 Å². The van der Waals surface area contributed by atoms with Crippen LogP contribution in [0.1, 0.15) is 18.4 Å². The van der Waals surface area contributed by atoms with Gasteiger partial charge in [0.1, 0.15) is 5.69 Å². The molecule has 0 spiro atoms. The van der Waals surface area contributed by atoms with E-state index < -0.39 is 40.4 Å². The van der Waals surface area contributed by atoms with Crippen LogP contribution in [0.3, 0.4) is 0 Å². The molecule has 114 valence electrons. The van der Waals surface area contributed by atoms with Crippen LogP contribution in [0.15, 0.2) is 17.1 Å². The summed E-state index contributed by atoms with van der Waals surface area (Å²) < 4.78 is 62.5. The first-order valence-corrected chi connectivity index (χ1v) is 7.40. The van der Waals surface area contributed by atoms with Gasteiger partial charge < -0.3 is 4.57 Å². The van der Waals surface area contributed by atoms with Crippen molar-refractivity contribution >= 4 is 15.7 Å². The molecule has 0 amide bonds. The number of sulfonamides is 1. The zero-order valence-electron chi connectivity index (χ0n) is 11.0. The fourth-order valence-corrected chi connectivity index (χ4v) is 2.70. The lowest BCUT2D eigenvalue weighted by Gasteiger charge is -2.11. The maximum Gasteiger partial charge on any atom is 0.389 e. The number of alkyl halides is 3. The summed E-state index contributed by atoms with van der Waals surface area (Å²) in [6.07, 6.45) is -4.65. The molecule has 1 rings (SSSR count). The van der Waals surface area contributed by atoms with E-state index in [0.29, 0.717) is 5.56 Å². The number of pyridine rings is 1. The predicted octanol–water partition coefficient (Wildman–Crippen LogP) is 1.78. The number of nitrogens with zero attached hydrogens (tertiary/aromatic N) is 1. The van der Waals surface area contributed by atoms with Crippen molar-refractivity contribution in [2.75, 3.05) is 10.5 Å². The van der Waals surface area contributed by atoms with Gasteiger partial charge in [0.15, 0.2) is 0 Å². The molecule has 1 heterocycles. The summed E-state index contributed by atoms with van der Waals surface area (Å²) in [5.74, 6) is -0.690. The molecule has 0 unspecified atom stereocenters. The SMILES string of the molecule is Cc1ccn(C)c(=O)c1NS(=O)(=O)CCCC(F)(F)F. The van der Waals surface area contributed by atoms with E-state index in [2.05, 4.69) is 4.72 Å². The number of aromatic nitrogens is 1. The van der Waals surface area contributed by atoms with Gasteiger partial charge in [0.2, 0.25) is 10.0 Å². The molecule has 0 atom stereocenters. The maximum atomic E-state index is 12.0. The van der Waals surface area contributed by atoms with Gasteiger partial charge in [0.25, 0.3) is 5.56 Å². The summed E-state index contributed by atoms with van der Waals surface area (Å²) in [6, 6.07) is 1.54. The van der Waals surface area contributed by atoms with Crippen molar-refractivity contribution in [1.82, 2.24) is 4.57 Å². The van der Waals surface area contributed by atoms with Crippen LogP contribution in [-0.2, 0) is 17.1 Å². The van der Waals surface area contributed by atoms with Crippen LogP contribution in [0, 0.1) is 6.92 Å². The van der Waals surface area contributed by atoms with Crippen LogP contribution in [0.2, 0.25) is 0 Å². The number of rotatable bonds is 5. The third kappa shape index (κ3) is 4.87. The molecule has 1 N–H and O–H groups in total. The van der Waals surface area contributed by atoms with E-state index in [4.69, 9.17) is 0 Å². The molecule has 20 heavy (non-hydrogen) atoms. The van der Waals surface area contributed by atoms with Gasteiger partial charge >= 0.3 is 6.18 Å². The van der Waals surface area contributed by atoms with Crippen LogP contribution in [0.5, 0.6) is 0 Å². The van der Waals surface area contributed by atoms with Crippen molar-refractivity contribution in [1.29, 1.82) is 0 Å². The van der Waals surface area contributed by atoms with Crippen molar-refractivity contribution in [3.05, 3.63) is 28.2 Å². The largest absolute Gasteiger partial charge is 0.389 e. The molecule has 0 aliphatic rings. The van der Waals surface area contributed by atoms with Gasteiger partial charge in [0, 0.05) is 19.7 Å². The molecule has 0 aromatic carbocycles. The Morgan fingerprint density at radius 2 is 1.95 bits per heavy atom. The van der Waals surface area contributed by atoms with Crippen LogP contribution in [-0.4, -0.2) is 24.9 Å². The monoisotopic (exact) mass is 312 g/mol. The fourth-order valence-electron chi connectivity index (χ4n) is 1.51. The Morgan fingerprint density at radius 1 is 1.35 bits per heavy atom. The van der Waals surface area contributed by atoms with E-state index >= 15 is 0 Å². The highest BCUT2D eigenvalue weighted by molar-refractivity contribution is 7.92. The minimum Gasteiger partial charge on any atom is -0.317 e. The average Bonchev–Trinajstić information content (AvgIpc) is 2.28.